The van der Waals surface area contributed by atoms with Crippen LogP contribution in [0.4, 0.5) is 4.39 Å². The molecule has 1 saturated heterocycles. The van der Waals surface area contributed by atoms with Crippen molar-refractivity contribution in [1.82, 2.24) is 10.2 Å². The number of hydrogen-bond acceptors (Lipinski definition) is 4. The lowest BCUT2D eigenvalue weighted by Crippen LogP contribution is -2.63. The Labute approximate surface area is 198 Å². The molecule has 0 saturated carbocycles. The van der Waals surface area contributed by atoms with Crippen molar-refractivity contribution in [1.29, 1.82) is 0 Å². The van der Waals surface area contributed by atoms with Crippen LogP contribution in [0.25, 0.3) is 0 Å². The molecule has 0 aliphatic carbocycles. The van der Waals surface area contributed by atoms with Crippen molar-refractivity contribution >= 4 is 11.8 Å². The van der Waals surface area contributed by atoms with Gasteiger partial charge in [-0.25, -0.2) is 4.39 Å². The Morgan fingerprint density at radius 1 is 1.03 bits per heavy atom. The lowest BCUT2D eigenvalue weighted by molar-refractivity contribution is -0.144. The molecule has 1 aliphatic heterocycles. The molecule has 1 heterocycles. The van der Waals surface area contributed by atoms with Gasteiger partial charge in [0.15, 0.2) is 6.61 Å². The summed E-state index contributed by atoms with van der Waals surface area (Å²) in [5, 5.41) is 14.2. The average Bonchev–Trinajstić information content (AvgIpc) is 2.85. The molecule has 2 amide bonds. The van der Waals surface area contributed by atoms with Crippen LogP contribution < -0.4 is 10.1 Å². The number of ether oxygens (including phenoxy) is 1. The first-order chi connectivity index (χ1) is 16.3. The van der Waals surface area contributed by atoms with E-state index in [1.807, 2.05) is 48.5 Å². The summed E-state index contributed by atoms with van der Waals surface area (Å²) in [5.41, 5.74) is -0.243. The first kappa shape index (κ1) is 23.4. The lowest BCUT2D eigenvalue weighted by atomic mass is 9.79. The van der Waals surface area contributed by atoms with E-state index >= 15 is 0 Å². The Morgan fingerprint density at radius 2 is 1.65 bits per heavy atom. The molecule has 2 N–H and O–H groups in total. The number of aliphatic hydroxyl groups is 1. The first-order valence-electron chi connectivity index (χ1n) is 11.2. The molecule has 1 fully saturated rings. The average molecular weight is 463 g/mol. The van der Waals surface area contributed by atoms with E-state index in [4.69, 9.17) is 4.74 Å². The summed E-state index contributed by atoms with van der Waals surface area (Å²) in [4.78, 5) is 27.9. The predicted molar refractivity (Wildman–Crippen MR) is 126 cm³/mol. The molecule has 3 aromatic rings. The van der Waals surface area contributed by atoms with E-state index in [1.165, 1.54) is 24.3 Å². The van der Waals surface area contributed by atoms with Crippen molar-refractivity contribution in [3.05, 3.63) is 102 Å². The molecule has 4 rings (SSSR count). The summed E-state index contributed by atoms with van der Waals surface area (Å²) < 4.78 is 19.0. The van der Waals surface area contributed by atoms with Crippen LogP contribution in [0.5, 0.6) is 5.75 Å². The number of benzene rings is 3. The Hall–Kier alpha value is -3.71. The summed E-state index contributed by atoms with van der Waals surface area (Å²) in [5.74, 6) is -0.578. The maximum atomic E-state index is 13.3. The fourth-order valence-corrected chi connectivity index (χ4v) is 4.27. The van der Waals surface area contributed by atoms with E-state index < -0.39 is 29.4 Å². The molecule has 3 atom stereocenters. The number of likely N-dealkylation sites (tertiary alicyclic amines) is 1. The van der Waals surface area contributed by atoms with Gasteiger partial charge >= 0.3 is 0 Å². The number of nitrogens with one attached hydrogen (secondary N) is 1. The normalized spacial score (nSPS) is 22.1. The molecule has 0 bridgehead atoms. The number of carbonyl (C=O) groups is 2. The zero-order valence-corrected chi connectivity index (χ0v) is 18.9. The minimum atomic E-state index is -1.28. The molecule has 176 valence electrons. The van der Waals surface area contributed by atoms with Gasteiger partial charge in [0.25, 0.3) is 11.8 Å². The van der Waals surface area contributed by atoms with Gasteiger partial charge in [-0.05, 0) is 55.3 Å². The molecule has 0 spiro atoms. The van der Waals surface area contributed by atoms with E-state index in [0.29, 0.717) is 12.3 Å². The van der Waals surface area contributed by atoms with Crippen LogP contribution in [0, 0.1) is 5.82 Å². The van der Waals surface area contributed by atoms with Crippen molar-refractivity contribution < 1.29 is 23.8 Å². The van der Waals surface area contributed by atoms with E-state index in [9.17, 15) is 19.1 Å². The SMILES string of the molecule is CC1(O)CCN(C(=O)COc2ccccc2)C(c2ccccc2)C1NC(=O)c1ccc(F)cc1. The van der Waals surface area contributed by atoms with Crippen LogP contribution in [-0.2, 0) is 4.79 Å². The van der Waals surface area contributed by atoms with E-state index in [2.05, 4.69) is 5.32 Å². The van der Waals surface area contributed by atoms with Gasteiger partial charge in [-0.15, -0.1) is 0 Å². The van der Waals surface area contributed by atoms with Crippen LogP contribution in [0.2, 0.25) is 0 Å². The predicted octanol–water partition coefficient (Wildman–Crippen LogP) is 3.73. The highest BCUT2D eigenvalue weighted by Crippen LogP contribution is 2.37. The summed E-state index contributed by atoms with van der Waals surface area (Å²) >= 11 is 0. The van der Waals surface area contributed by atoms with E-state index in [1.54, 1.807) is 24.0 Å². The summed E-state index contributed by atoms with van der Waals surface area (Å²) in [6.45, 7) is 1.78. The van der Waals surface area contributed by atoms with Crippen LogP contribution in [-0.4, -0.2) is 46.6 Å². The molecule has 7 heteroatoms. The fraction of sp³-hybridized carbons (Fsp3) is 0.259. The van der Waals surface area contributed by atoms with Gasteiger partial charge in [-0.1, -0.05) is 48.5 Å². The van der Waals surface area contributed by atoms with Gasteiger partial charge in [0, 0.05) is 12.1 Å². The summed E-state index contributed by atoms with van der Waals surface area (Å²) in [7, 11) is 0. The second-order valence-electron chi connectivity index (χ2n) is 8.61. The van der Waals surface area contributed by atoms with Crippen LogP contribution in [0.1, 0.15) is 35.3 Å². The number of amides is 2. The second-order valence-corrected chi connectivity index (χ2v) is 8.61. The Bertz CT molecular complexity index is 1120. The van der Waals surface area contributed by atoms with Gasteiger partial charge in [0.2, 0.25) is 0 Å². The van der Waals surface area contributed by atoms with Crippen molar-refractivity contribution in [3.63, 3.8) is 0 Å². The maximum Gasteiger partial charge on any atom is 0.261 e. The van der Waals surface area contributed by atoms with E-state index in [-0.39, 0.29) is 24.5 Å². The third kappa shape index (κ3) is 5.26. The van der Waals surface area contributed by atoms with Gasteiger partial charge < -0.3 is 20.1 Å². The van der Waals surface area contributed by atoms with E-state index in [0.717, 1.165) is 5.56 Å². The largest absolute Gasteiger partial charge is 0.484 e. The number of para-hydroxylation sites is 1. The number of nitrogens with zero attached hydrogens (tertiary/aromatic N) is 1. The third-order valence-electron chi connectivity index (χ3n) is 6.14. The number of halogens is 1. The van der Waals surface area contributed by atoms with Gasteiger partial charge in [0.05, 0.1) is 17.7 Å². The number of rotatable bonds is 6. The number of carbonyl (C=O) groups excluding carboxylic acids is 2. The molecular weight excluding hydrogens is 435 g/mol. The molecule has 3 unspecified atom stereocenters. The topological polar surface area (TPSA) is 78.9 Å². The second kappa shape index (κ2) is 10.1. The van der Waals surface area contributed by atoms with Gasteiger partial charge in [0.1, 0.15) is 11.6 Å². The molecule has 0 aromatic heterocycles. The zero-order chi connectivity index (χ0) is 24.1. The lowest BCUT2D eigenvalue weighted by Gasteiger charge is -2.49. The minimum absolute atomic E-state index is 0.173. The monoisotopic (exact) mass is 462 g/mol. The standard InChI is InChI=1S/C27H27FN2O4/c1-27(33)16-17-30(23(31)18-34-22-10-6-3-7-11-22)24(19-8-4-2-5-9-19)25(27)29-26(32)20-12-14-21(28)15-13-20/h2-15,24-25,33H,16-18H2,1H3,(H,29,32). The fourth-order valence-electron chi connectivity index (χ4n) is 4.27. The molecule has 34 heavy (non-hydrogen) atoms. The van der Waals surface area contributed by atoms with Crippen molar-refractivity contribution in [3.8, 4) is 5.75 Å². The minimum Gasteiger partial charge on any atom is -0.484 e. The van der Waals surface area contributed by atoms with Crippen molar-refractivity contribution in [2.45, 2.75) is 31.0 Å². The Kier molecular flexibility index (Phi) is 6.93. The first-order valence-corrected chi connectivity index (χ1v) is 11.2. The van der Waals surface area contributed by atoms with Crippen molar-refractivity contribution in [2.75, 3.05) is 13.2 Å². The summed E-state index contributed by atoms with van der Waals surface area (Å²) in [6, 6.07) is 22.1. The highest BCUT2D eigenvalue weighted by molar-refractivity contribution is 5.94. The number of piperidine rings is 1. The van der Waals surface area contributed by atoms with Gasteiger partial charge in [-0.2, -0.15) is 0 Å². The van der Waals surface area contributed by atoms with Crippen LogP contribution in [0.3, 0.4) is 0 Å². The zero-order valence-electron chi connectivity index (χ0n) is 18.9. The Balaban J connectivity index is 1.62. The Morgan fingerprint density at radius 3 is 2.29 bits per heavy atom. The highest BCUT2D eigenvalue weighted by Gasteiger charge is 2.47. The van der Waals surface area contributed by atoms with Crippen LogP contribution >= 0.6 is 0 Å². The third-order valence-corrected chi connectivity index (χ3v) is 6.14. The smallest absolute Gasteiger partial charge is 0.261 e. The highest BCUT2D eigenvalue weighted by atomic mass is 19.1. The molecular formula is C27H27FN2O4. The van der Waals surface area contributed by atoms with Crippen molar-refractivity contribution in [2.24, 2.45) is 0 Å². The molecule has 3 aromatic carbocycles. The quantitative estimate of drug-likeness (QED) is 0.585. The molecule has 0 radical (unpaired) electrons. The maximum absolute atomic E-state index is 13.3. The van der Waals surface area contributed by atoms with Crippen LogP contribution in [0.15, 0.2) is 84.9 Å². The molecule has 1 aliphatic rings. The summed E-state index contributed by atoms with van der Waals surface area (Å²) in [6.07, 6.45) is 0.266. The molecule has 6 nitrogen and oxygen atoms in total. The van der Waals surface area contributed by atoms with Gasteiger partial charge in [-0.3, -0.25) is 9.59 Å². The number of hydrogen-bond donors (Lipinski definition) is 2.